The Morgan fingerprint density at radius 3 is 2.20 bits per heavy atom. The molecule has 222 valence electrons. The molecule has 0 bridgehead atoms. The van der Waals surface area contributed by atoms with Gasteiger partial charge in [-0.3, -0.25) is 0 Å². The van der Waals surface area contributed by atoms with Crippen molar-refractivity contribution in [1.29, 1.82) is 0 Å². The first kappa shape index (κ1) is 31.0. The van der Waals surface area contributed by atoms with Crippen molar-refractivity contribution in [2.75, 3.05) is 19.8 Å². The molecule has 4 rings (SSSR count). The Morgan fingerprint density at radius 2 is 1.45 bits per heavy atom. The number of rotatable bonds is 20. The van der Waals surface area contributed by atoms with Crippen LogP contribution in [0.4, 0.5) is 8.78 Å². The van der Waals surface area contributed by atoms with Crippen LogP contribution in [0.5, 0.6) is 5.75 Å². The molecule has 0 spiro atoms. The van der Waals surface area contributed by atoms with Crippen LogP contribution in [0.2, 0.25) is 0 Å². The normalized spacial score (nSPS) is 16.7. The maximum atomic E-state index is 15.1. The van der Waals surface area contributed by atoms with Crippen molar-refractivity contribution in [3.63, 3.8) is 0 Å². The van der Waals surface area contributed by atoms with Gasteiger partial charge in [0.1, 0.15) is 0 Å². The van der Waals surface area contributed by atoms with Crippen LogP contribution in [0, 0.1) is 17.6 Å². The minimum absolute atomic E-state index is 0.0551. The Labute approximate surface area is 242 Å². The molecule has 2 aromatic rings. The number of aryl methyl sites for hydroxylation is 2. The predicted molar refractivity (Wildman–Crippen MR) is 161 cm³/mol. The SMILES string of the molecule is CCCCOCCCCOc1cc2c(c(F)c1F)CC(c1ccc(CCCCCCCCCC3CC3)cc1)CC2. The van der Waals surface area contributed by atoms with Crippen molar-refractivity contribution in [3.05, 3.63) is 64.2 Å². The van der Waals surface area contributed by atoms with E-state index in [9.17, 15) is 4.39 Å². The zero-order chi connectivity index (χ0) is 28.0. The molecule has 4 heteroatoms. The number of fused-ring (bicyclic) bond motifs is 1. The van der Waals surface area contributed by atoms with Gasteiger partial charge in [-0.15, -0.1) is 0 Å². The average Bonchev–Trinajstić information content (AvgIpc) is 3.81. The molecule has 0 aromatic heterocycles. The fourth-order valence-corrected chi connectivity index (χ4v) is 6.05. The van der Waals surface area contributed by atoms with E-state index >= 15 is 4.39 Å². The first-order valence-corrected chi connectivity index (χ1v) is 16.4. The Balaban J connectivity index is 1.16. The maximum absolute atomic E-state index is 15.1. The molecule has 40 heavy (non-hydrogen) atoms. The van der Waals surface area contributed by atoms with E-state index in [1.165, 1.54) is 75.3 Å². The summed E-state index contributed by atoms with van der Waals surface area (Å²) in [6.45, 7) is 3.99. The van der Waals surface area contributed by atoms with E-state index in [1.54, 1.807) is 6.07 Å². The number of ether oxygens (including phenoxy) is 2. The second-order valence-electron chi connectivity index (χ2n) is 12.3. The molecule has 0 saturated heterocycles. The smallest absolute Gasteiger partial charge is 0.200 e. The molecule has 2 aliphatic carbocycles. The third-order valence-corrected chi connectivity index (χ3v) is 8.89. The summed E-state index contributed by atoms with van der Waals surface area (Å²) < 4.78 is 41.1. The van der Waals surface area contributed by atoms with Crippen LogP contribution in [-0.2, 0) is 24.0 Å². The summed E-state index contributed by atoms with van der Waals surface area (Å²) in [5.41, 5.74) is 4.05. The zero-order valence-corrected chi connectivity index (χ0v) is 25.0. The first-order valence-electron chi connectivity index (χ1n) is 16.4. The molecule has 0 N–H and O–H groups in total. The fraction of sp³-hybridized carbons (Fsp3) is 0.667. The summed E-state index contributed by atoms with van der Waals surface area (Å²) in [4.78, 5) is 0. The molecular formula is C36H52F2O2. The van der Waals surface area contributed by atoms with E-state index in [0.717, 1.165) is 63.0 Å². The second kappa shape index (κ2) is 17.1. The highest BCUT2D eigenvalue weighted by atomic mass is 19.2. The highest BCUT2D eigenvalue weighted by Gasteiger charge is 2.27. The number of hydrogen-bond donors (Lipinski definition) is 0. The van der Waals surface area contributed by atoms with Gasteiger partial charge in [0, 0.05) is 13.2 Å². The summed E-state index contributed by atoms with van der Waals surface area (Å²) in [6, 6.07) is 10.6. The summed E-state index contributed by atoms with van der Waals surface area (Å²) in [7, 11) is 0. The second-order valence-corrected chi connectivity index (χ2v) is 12.3. The highest BCUT2D eigenvalue weighted by Crippen LogP contribution is 2.38. The van der Waals surface area contributed by atoms with Gasteiger partial charge in [0.25, 0.3) is 0 Å². The van der Waals surface area contributed by atoms with Crippen LogP contribution >= 0.6 is 0 Å². The van der Waals surface area contributed by atoms with E-state index in [4.69, 9.17) is 9.47 Å². The van der Waals surface area contributed by atoms with Crippen molar-refractivity contribution < 1.29 is 18.3 Å². The van der Waals surface area contributed by atoms with Crippen LogP contribution in [0.3, 0.4) is 0 Å². The lowest BCUT2D eigenvalue weighted by Gasteiger charge is -2.26. The van der Waals surface area contributed by atoms with Crippen molar-refractivity contribution >= 4 is 0 Å². The molecule has 1 saturated carbocycles. The lowest BCUT2D eigenvalue weighted by molar-refractivity contribution is 0.123. The molecule has 0 heterocycles. The molecule has 0 radical (unpaired) electrons. The van der Waals surface area contributed by atoms with Gasteiger partial charge in [-0.1, -0.05) is 95.4 Å². The maximum Gasteiger partial charge on any atom is 0.200 e. The van der Waals surface area contributed by atoms with Crippen LogP contribution in [0.25, 0.3) is 0 Å². The predicted octanol–water partition coefficient (Wildman–Crippen LogP) is 10.3. The molecule has 1 fully saturated rings. The van der Waals surface area contributed by atoms with Gasteiger partial charge in [0.15, 0.2) is 11.6 Å². The molecule has 1 atom stereocenters. The van der Waals surface area contributed by atoms with Gasteiger partial charge in [-0.05, 0) is 91.5 Å². The third-order valence-electron chi connectivity index (χ3n) is 8.89. The van der Waals surface area contributed by atoms with Crippen LogP contribution in [0.1, 0.15) is 131 Å². The zero-order valence-electron chi connectivity index (χ0n) is 25.0. The molecule has 0 amide bonds. The van der Waals surface area contributed by atoms with E-state index in [2.05, 4.69) is 31.2 Å². The Hall–Kier alpha value is -1.94. The minimum atomic E-state index is -0.841. The van der Waals surface area contributed by atoms with Gasteiger partial charge >= 0.3 is 0 Å². The van der Waals surface area contributed by atoms with E-state index in [0.29, 0.717) is 25.2 Å². The molecule has 1 unspecified atom stereocenters. The molecule has 2 nitrogen and oxygen atoms in total. The lowest BCUT2D eigenvalue weighted by Crippen LogP contribution is -2.16. The van der Waals surface area contributed by atoms with Gasteiger partial charge in [0.05, 0.1) is 6.61 Å². The number of unbranched alkanes of at least 4 members (excludes halogenated alkanes) is 8. The number of halogens is 2. The summed E-state index contributed by atoms with van der Waals surface area (Å²) >= 11 is 0. The monoisotopic (exact) mass is 554 g/mol. The molecule has 2 aromatic carbocycles. The molecule has 2 aliphatic rings. The number of hydrogen-bond acceptors (Lipinski definition) is 2. The van der Waals surface area contributed by atoms with E-state index in [-0.39, 0.29) is 11.7 Å². The highest BCUT2D eigenvalue weighted by molar-refractivity contribution is 5.42. The third kappa shape index (κ3) is 10.2. The summed E-state index contributed by atoms with van der Waals surface area (Å²) in [5, 5.41) is 0. The summed E-state index contributed by atoms with van der Waals surface area (Å²) in [5.74, 6) is -0.194. The van der Waals surface area contributed by atoms with Crippen molar-refractivity contribution in [1.82, 2.24) is 0 Å². The minimum Gasteiger partial charge on any atom is -0.490 e. The van der Waals surface area contributed by atoms with Crippen LogP contribution in [-0.4, -0.2) is 19.8 Å². The van der Waals surface area contributed by atoms with Crippen molar-refractivity contribution in [3.8, 4) is 5.75 Å². The Morgan fingerprint density at radius 1 is 0.750 bits per heavy atom. The quantitative estimate of drug-likeness (QED) is 0.152. The first-order chi connectivity index (χ1) is 19.7. The largest absolute Gasteiger partial charge is 0.490 e. The lowest BCUT2D eigenvalue weighted by atomic mass is 9.79. The standard InChI is InChI=1S/C36H52F2O2/c1-2-3-23-39-24-11-12-25-40-34-27-32-22-21-31(26-33(32)35(37)36(34)38)30-19-17-29(18-20-30)14-10-8-6-4-5-7-9-13-28-15-16-28/h17-20,27-28,31H,2-16,21-26H2,1H3. The molecule has 0 aliphatic heterocycles. The van der Waals surface area contributed by atoms with E-state index < -0.39 is 11.6 Å². The Kier molecular flexibility index (Phi) is 13.3. The Bertz CT molecular complexity index is 999. The van der Waals surface area contributed by atoms with Gasteiger partial charge in [0.2, 0.25) is 5.82 Å². The van der Waals surface area contributed by atoms with Crippen LogP contribution < -0.4 is 4.74 Å². The van der Waals surface area contributed by atoms with E-state index in [1.807, 2.05) is 0 Å². The summed E-state index contributed by atoms with van der Waals surface area (Å²) in [6.07, 6.45) is 21.2. The van der Waals surface area contributed by atoms with Crippen LogP contribution in [0.15, 0.2) is 30.3 Å². The van der Waals surface area contributed by atoms with Gasteiger partial charge in [-0.25, -0.2) is 4.39 Å². The molecular weight excluding hydrogens is 502 g/mol. The topological polar surface area (TPSA) is 18.5 Å². The average molecular weight is 555 g/mol. The van der Waals surface area contributed by atoms with Gasteiger partial charge < -0.3 is 9.47 Å². The number of benzene rings is 2. The van der Waals surface area contributed by atoms with Crippen molar-refractivity contribution in [2.24, 2.45) is 5.92 Å². The van der Waals surface area contributed by atoms with Gasteiger partial charge in [-0.2, -0.15) is 4.39 Å². The van der Waals surface area contributed by atoms with Crippen molar-refractivity contribution in [2.45, 2.75) is 128 Å². The fourth-order valence-electron chi connectivity index (χ4n) is 6.05.